The summed E-state index contributed by atoms with van der Waals surface area (Å²) in [6.45, 7) is 2.76. The quantitative estimate of drug-likeness (QED) is 0.786. The van der Waals surface area contributed by atoms with E-state index in [4.69, 9.17) is 10.5 Å². The van der Waals surface area contributed by atoms with Gasteiger partial charge in [-0.3, -0.25) is 4.79 Å². The Morgan fingerprint density at radius 1 is 1.50 bits per heavy atom. The average Bonchev–Trinajstić information content (AvgIpc) is 2.26. The maximum absolute atomic E-state index is 11.8. The summed E-state index contributed by atoms with van der Waals surface area (Å²) in [7, 11) is 0. The molecule has 1 saturated carbocycles. The van der Waals surface area contributed by atoms with Crippen molar-refractivity contribution in [1.82, 2.24) is 0 Å². The molecule has 0 aromatic heterocycles. The summed E-state index contributed by atoms with van der Waals surface area (Å²) in [4.78, 5) is 11.8. The molecular weight excluding hydrogens is 228 g/mol. The van der Waals surface area contributed by atoms with Crippen LogP contribution in [0.5, 0.6) is 0 Å². The van der Waals surface area contributed by atoms with Gasteiger partial charge < -0.3 is 15.8 Å². The highest BCUT2D eigenvalue weighted by Gasteiger charge is 2.30. The molecule has 0 saturated heterocycles. The van der Waals surface area contributed by atoms with Crippen LogP contribution in [0.2, 0.25) is 0 Å². The lowest BCUT2D eigenvalue weighted by Gasteiger charge is -2.34. The number of nitrogens with two attached hydrogens (primary N) is 1. The molecule has 4 nitrogen and oxygen atoms in total. The molecule has 0 spiro atoms. The molecule has 0 bridgehead atoms. The molecule has 98 valence electrons. The van der Waals surface area contributed by atoms with E-state index in [9.17, 15) is 4.79 Å². The van der Waals surface area contributed by atoms with E-state index in [1.165, 1.54) is 0 Å². The van der Waals surface area contributed by atoms with E-state index < -0.39 is 0 Å². The van der Waals surface area contributed by atoms with Gasteiger partial charge in [-0.25, -0.2) is 0 Å². The van der Waals surface area contributed by atoms with Gasteiger partial charge in [-0.15, -0.1) is 0 Å². The van der Waals surface area contributed by atoms with Crippen molar-refractivity contribution < 1.29 is 9.53 Å². The van der Waals surface area contributed by atoms with Gasteiger partial charge >= 0.3 is 0 Å². The minimum Gasteiger partial charge on any atom is -0.399 e. The zero-order valence-corrected chi connectivity index (χ0v) is 10.7. The first-order chi connectivity index (χ1) is 8.67. The monoisotopic (exact) mass is 248 g/mol. The predicted octanol–water partition coefficient (Wildman–Crippen LogP) is 2.41. The van der Waals surface area contributed by atoms with Gasteiger partial charge in [-0.05, 0) is 43.9 Å². The van der Waals surface area contributed by atoms with Gasteiger partial charge in [-0.1, -0.05) is 6.07 Å². The number of rotatable bonds is 5. The number of nitrogen functional groups attached to an aromatic ring is 1. The van der Waals surface area contributed by atoms with Gasteiger partial charge in [0.25, 0.3) is 0 Å². The first kappa shape index (κ1) is 12.9. The van der Waals surface area contributed by atoms with E-state index in [0.717, 1.165) is 25.1 Å². The van der Waals surface area contributed by atoms with Crippen LogP contribution in [-0.2, 0) is 9.53 Å². The fraction of sp³-hybridized carbons (Fsp3) is 0.500. The minimum atomic E-state index is 0.0561. The fourth-order valence-corrected chi connectivity index (χ4v) is 2.30. The largest absolute Gasteiger partial charge is 0.399 e. The molecule has 0 unspecified atom stereocenters. The molecule has 1 fully saturated rings. The molecule has 4 heteroatoms. The van der Waals surface area contributed by atoms with E-state index >= 15 is 0 Å². The first-order valence-electron chi connectivity index (χ1n) is 6.44. The Morgan fingerprint density at radius 3 is 2.94 bits per heavy atom. The summed E-state index contributed by atoms with van der Waals surface area (Å²) < 4.78 is 5.48. The number of benzene rings is 1. The van der Waals surface area contributed by atoms with E-state index in [-0.39, 0.29) is 5.91 Å². The predicted molar refractivity (Wildman–Crippen MR) is 72.2 cm³/mol. The van der Waals surface area contributed by atoms with E-state index in [0.29, 0.717) is 24.1 Å². The smallest absolute Gasteiger partial charge is 0.224 e. The molecule has 18 heavy (non-hydrogen) atoms. The van der Waals surface area contributed by atoms with Crippen molar-refractivity contribution in [2.75, 3.05) is 17.7 Å². The Balaban J connectivity index is 1.73. The van der Waals surface area contributed by atoms with Crippen LogP contribution in [0.3, 0.4) is 0 Å². The molecule has 0 heterocycles. The number of amides is 1. The van der Waals surface area contributed by atoms with Crippen molar-refractivity contribution >= 4 is 17.3 Å². The lowest BCUT2D eigenvalue weighted by atomic mass is 9.80. The Labute approximate surface area is 108 Å². The average molecular weight is 248 g/mol. The lowest BCUT2D eigenvalue weighted by Crippen LogP contribution is -2.33. The highest BCUT2D eigenvalue weighted by atomic mass is 16.5. The second-order valence-corrected chi connectivity index (χ2v) is 4.79. The van der Waals surface area contributed by atoms with Crippen LogP contribution in [0.15, 0.2) is 24.3 Å². The first-order valence-corrected chi connectivity index (χ1v) is 6.44. The third-order valence-electron chi connectivity index (χ3n) is 3.24. The molecule has 1 amide bonds. The maximum Gasteiger partial charge on any atom is 0.224 e. The van der Waals surface area contributed by atoms with Crippen LogP contribution in [-0.4, -0.2) is 18.6 Å². The van der Waals surface area contributed by atoms with Crippen LogP contribution in [0.4, 0.5) is 11.4 Å². The molecule has 1 aliphatic rings. The van der Waals surface area contributed by atoms with Gasteiger partial charge in [0.2, 0.25) is 5.91 Å². The topological polar surface area (TPSA) is 64.3 Å². The van der Waals surface area contributed by atoms with Crippen molar-refractivity contribution in [2.24, 2.45) is 5.92 Å². The van der Waals surface area contributed by atoms with Gasteiger partial charge in [-0.2, -0.15) is 0 Å². The van der Waals surface area contributed by atoms with Crippen molar-refractivity contribution in [2.45, 2.75) is 32.3 Å². The zero-order chi connectivity index (χ0) is 13.0. The molecule has 1 aliphatic carbocycles. The Kier molecular flexibility index (Phi) is 4.20. The number of anilines is 2. The molecule has 3 N–H and O–H groups in total. The maximum atomic E-state index is 11.8. The summed E-state index contributed by atoms with van der Waals surface area (Å²) in [5.41, 5.74) is 7.08. The summed E-state index contributed by atoms with van der Waals surface area (Å²) in [6, 6.07) is 7.24. The van der Waals surface area contributed by atoms with Crippen LogP contribution >= 0.6 is 0 Å². The van der Waals surface area contributed by atoms with E-state index in [1.54, 1.807) is 12.1 Å². The summed E-state index contributed by atoms with van der Waals surface area (Å²) in [6.07, 6.45) is 2.93. The molecule has 0 atom stereocenters. The summed E-state index contributed by atoms with van der Waals surface area (Å²) >= 11 is 0. The molecule has 2 rings (SSSR count). The Bertz CT molecular complexity index is 414. The Morgan fingerprint density at radius 2 is 2.28 bits per heavy atom. The van der Waals surface area contributed by atoms with E-state index in [2.05, 4.69) is 5.32 Å². The van der Waals surface area contributed by atoms with Crippen molar-refractivity contribution in [3.63, 3.8) is 0 Å². The summed E-state index contributed by atoms with van der Waals surface area (Å²) in [5.74, 6) is 0.517. The minimum absolute atomic E-state index is 0.0561. The molecule has 1 aromatic carbocycles. The number of hydrogen-bond donors (Lipinski definition) is 2. The molecule has 0 radical (unpaired) electrons. The lowest BCUT2D eigenvalue weighted by molar-refractivity contribution is -0.119. The van der Waals surface area contributed by atoms with Crippen LogP contribution < -0.4 is 11.1 Å². The van der Waals surface area contributed by atoms with Gasteiger partial charge in [0.1, 0.15) is 0 Å². The number of nitrogens with one attached hydrogen (secondary N) is 1. The molecule has 1 aromatic rings. The Hall–Kier alpha value is -1.55. The summed E-state index contributed by atoms with van der Waals surface area (Å²) in [5, 5.41) is 2.87. The van der Waals surface area contributed by atoms with Crippen molar-refractivity contribution in [1.29, 1.82) is 0 Å². The van der Waals surface area contributed by atoms with Gasteiger partial charge in [0.15, 0.2) is 0 Å². The fourth-order valence-electron chi connectivity index (χ4n) is 2.30. The third kappa shape index (κ3) is 3.47. The van der Waals surface area contributed by atoms with E-state index in [1.807, 2.05) is 19.1 Å². The number of carbonyl (C=O) groups is 1. The highest BCUT2D eigenvalue weighted by Crippen LogP contribution is 2.32. The highest BCUT2D eigenvalue weighted by molar-refractivity contribution is 5.91. The molecular formula is C14H20N2O2. The van der Waals surface area contributed by atoms with Crippen LogP contribution in [0, 0.1) is 5.92 Å². The standard InChI is InChI=1S/C14H20N2O2/c1-2-18-13-6-10(7-13)8-14(17)16-12-5-3-4-11(15)9-12/h3-5,9-10,13H,2,6-8,15H2,1H3,(H,16,17). The van der Waals surface area contributed by atoms with Crippen molar-refractivity contribution in [3.05, 3.63) is 24.3 Å². The number of ether oxygens (including phenoxy) is 1. The van der Waals surface area contributed by atoms with Crippen LogP contribution in [0.25, 0.3) is 0 Å². The van der Waals surface area contributed by atoms with Crippen LogP contribution in [0.1, 0.15) is 26.2 Å². The molecule has 0 aliphatic heterocycles. The normalized spacial score (nSPS) is 22.3. The van der Waals surface area contributed by atoms with Gasteiger partial charge in [0, 0.05) is 24.4 Å². The van der Waals surface area contributed by atoms with Crippen molar-refractivity contribution in [3.8, 4) is 0 Å². The second-order valence-electron chi connectivity index (χ2n) is 4.79. The third-order valence-corrected chi connectivity index (χ3v) is 3.24. The number of carbonyl (C=O) groups excluding carboxylic acids is 1. The zero-order valence-electron chi connectivity index (χ0n) is 10.7. The van der Waals surface area contributed by atoms with Gasteiger partial charge in [0.05, 0.1) is 6.10 Å². The SMILES string of the molecule is CCOC1CC(CC(=O)Nc2cccc(N)c2)C1. The second kappa shape index (κ2) is 5.87. The number of hydrogen-bond acceptors (Lipinski definition) is 3.